The molecule has 0 bridgehead atoms. The van der Waals surface area contributed by atoms with Gasteiger partial charge in [-0.2, -0.15) is 8.78 Å². The molecule has 1 unspecified atom stereocenters. The summed E-state index contributed by atoms with van der Waals surface area (Å²) < 4.78 is 51.4. The zero-order chi connectivity index (χ0) is 32.3. The number of benzene rings is 2. The molecule has 1 aliphatic carbocycles. The number of alkyl halides is 2. The smallest absolute Gasteiger partial charge is 0.387 e. The van der Waals surface area contributed by atoms with E-state index in [2.05, 4.69) is 20.0 Å². The van der Waals surface area contributed by atoms with Gasteiger partial charge in [-0.05, 0) is 68.5 Å². The third-order valence-electron chi connectivity index (χ3n) is 8.40. The first kappa shape index (κ1) is 30.6. The number of fused-ring (bicyclic) bond motifs is 2. The topological polar surface area (TPSA) is 137 Å². The number of nitrogens with one attached hydrogen (secondary N) is 1. The molecule has 4 aromatic rings. The normalized spacial score (nSPS) is 18.8. The SMILES string of the molecule is Cc1cnc2c(OC(F)F)cc(C(=O)NCC(O)(c3cc4c(c(-c5cccc(F)c5Cl)n3)OC[C@]4(C)C(N)=O)C3CC3)cc2c1. The molecule has 13 heteroatoms. The molecule has 1 aliphatic heterocycles. The number of ether oxygens (including phenoxy) is 2. The molecule has 234 valence electrons. The lowest BCUT2D eigenvalue weighted by atomic mass is 9.81. The molecule has 1 fully saturated rings. The number of aliphatic hydroxyl groups is 1. The van der Waals surface area contributed by atoms with Crippen LogP contribution in [0.3, 0.4) is 0 Å². The van der Waals surface area contributed by atoms with E-state index in [0.717, 1.165) is 11.6 Å². The van der Waals surface area contributed by atoms with Crippen LogP contribution in [-0.4, -0.2) is 46.7 Å². The number of nitrogens with two attached hydrogens (primary N) is 1. The first-order valence-corrected chi connectivity index (χ1v) is 14.5. The van der Waals surface area contributed by atoms with Gasteiger partial charge in [0.2, 0.25) is 5.91 Å². The van der Waals surface area contributed by atoms with Crippen LogP contribution in [-0.2, 0) is 15.8 Å². The highest BCUT2D eigenvalue weighted by Gasteiger charge is 2.50. The van der Waals surface area contributed by atoms with Gasteiger partial charge in [-0.15, -0.1) is 0 Å². The Balaban J connectivity index is 1.41. The number of hydrogen-bond acceptors (Lipinski definition) is 7. The average molecular weight is 641 g/mol. The highest BCUT2D eigenvalue weighted by molar-refractivity contribution is 6.33. The first-order chi connectivity index (χ1) is 21.3. The number of rotatable bonds is 9. The van der Waals surface area contributed by atoms with Gasteiger partial charge in [0.25, 0.3) is 5.91 Å². The van der Waals surface area contributed by atoms with E-state index in [1.807, 2.05) is 0 Å². The summed E-state index contributed by atoms with van der Waals surface area (Å²) in [4.78, 5) is 34.9. The van der Waals surface area contributed by atoms with Gasteiger partial charge in [-0.1, -0.05) is 23.7 Å². The number of primary amides is 1. The quantitative estimate of drug-likeness (QED) is 0.230. The number of pyridine rings is 2. The van der Waals surface area contributed by atoms with Crippen LogP contribution in [0.1, 0.15) is 46.9 Å². The Bertz CT molecular complexity index is 1870. The number of carbonyl (C=O) groups is 2. The number of amides is 2. The molecule has 4 N–H and O–H groups in total. The second kappa shape index (κ2) is 11.2. The van der Waals surface area contributed by atoms with Crippen LogP contribution in [0.25, 0.3) is 22.2 Å². The van der Waals surface area contributed by atoms with E-state index in [-0.39, 0.29) is 63.6 Å². The minimum atomic E-state index is -3.14. The maximum atomic E-state index is 14.5. The molecule has 1 saturated carbocycles. The van der Waals surface area contributed by atoms with Crippen LogP contribution < -0.4 is 20.5 Å². The second-order valence-electron chi connectivity index (χ2n) is 11.6. The molecular formula is C32H28ClF3N4O5. The Kier molecular flexibility index (Phi) is 7.60. The van der Waals surface area contributed by atoms with Crippen molar-refractivity contribution < 1.29 is 37.3 Å². The maximum Gasteiger partial charge on any atom is 0.387 e. The summed E-state index contributed by atoms with van der Waals surface area (Å²) in [5.41, 5.74) is 4.35. The van der Waals surface area contributed by atoms with Crippen molar-refractivity contribution in [3.63, 3.8) is 0 Å². The highest BCUT2D eigenvalue weighted by atomic mass is 35.5. The third kappa shape index (κ3) is 5.42. The van der Waals surface area contributed by atoms with E-state index < -0.39 is 35.3 Å². The Morgan fingerprint density at radius 1 is 1.27 bits per heavy atom. The lowest BCUT2D eigenvalue weighted by Gasteiger charge is -2.30. The van der Waals surface area contributed by atoms with Gasteiger partial charge < -0.3 is 25.6 Å². The summed E-state index contributed by atoms with van der Waals surface area (Å²) in [5, 5.41) is 15.1. The van der Waals surface area contributed by atoms with Crippen molar-refractivity contribution in [1.29, 1.82) is 0 Å². The summed E-state index contributed by atoms with van der Waals surface area (Å²) in [7, 11) is 0. The summed E-state index contributed by atoms with van der Waals surface area (Å²) in [6.07, 6.45) is 2.72. The molecule has 2 aromatic carbocycles. The lowest BCUT2D eigenvalue weighted by Crippen LogP contribution is -2.44. The predicted molar refractivity (Wildman–Crippen MR) is 159 cm³/mol. The Morgan fingerprint density at radius 3 is 2.71 bits per heavy atom. The minimum absolute atomic E-state index is 0.00699. The monoisotopic (exact) mass is 640 g/mol. The zero-order valence-electron chi connectivity index (χ0n) is 24.2. The fraction of sp³-hybridized carbons (Fsp3) is 0.312. The van der Waals surface area contributed by atoms with Gasteiger partial charge >= 0.3 is 6.61 Å². The van der Waals surface area contributed by atoms with Crippen molar-refractivity contribution in [1.82, 2.24) is 15.3 Å². The van der Waals surface area contributed by atoms with Crippen LogP contribution >= 0.6 is 11.6 Å². The zero-order valence-corrected chi connectivity index (χ0v) is 24.9. The molecule has 2 aromatic heterocycles. The molecule has 6 rings (SSSR count). The minimum Gasteiger partial charge on any atom is -0.489 e. The lowest BCUT2D eigenvalue weighted by molar-refractivity contribution is -0.123. The third-order valence-corrected chi connectivity index (χ3v) is 8.79. The van der Waals surface area contributed by atoms with E-state index in [4.69, 9.17) is 22.1 Å². The number of carbonyl (C=O) groups excluding carboxylic acids is 2. The number of aryl methyl sites for hydroxylation is 1. The van der Waals surface area contributed by atoms with Crippen molar-refractivity contribution in [2.45, 2.75) is 44.3 Å². The van der Waals surface area contributed by atoms with Gasteiger partial charge in [-0.25, -0.2) is 9.37 Å². The average Bonchev–Trinajstić information content (AvgIpc) is 3.80. The standard InChI is InChI=1S/C32H28ClF3N4O5/c1-15-8-16-9-17(10-22(45-30(35)36)25(16)38-12-15)28(41)39-13-32(43,18-6-7-18)23-11-20-27(44-14-31(20,2)29(37)42)26(40-23)19-4-3-5-21(34)24(19)33/h3-5,8-12,18,30,43H,6-7,13-14H2,1-2H3,(H2,37,42)(H,39,41)/t31-,32?/m0/s1. The van der Waals surface area contributed by atoms with Crippen LogP contribution in [0.5, 0.6) is 11.5 Å². The van der Waals surface area contributed by atoms with Gasteiger partial charge in [0, 0.05) is 28.3 Å². The van der Waals surface area contributed by atoms with Crippen LogP contribution in [0.15, 0.2) is 48.7 Å². The molecular weight excluding hydrogens is 613 g/mol. The summed E-state index contributed by atoms with van der Waals surface area (Å²) in [5.74, 6) is -2.47. The fourth-order valence-electron chi connectivity index (χ4n) is 5.64. The van der Waals surface area contributed by atoms with Crippen LogP contribution in [0.2, 0.25) is 5.02 Å². The fourth-order valence-corrected chi connectivity index (χ4v) is 5.86. The highest BCUT2D eigenvalue weighted by Crippen LogP contribution is 2.50. The summed E-state index contributed by atoms with van der Waals surface area (Å²) in [6, 6.07) is 10.0. The van der Waals surface area contributed by atoms with Gasteiger partial charge in [0.15, 0.2) is 5.75 Å². The van der Waals surface area contributed by atoms with Crippen molar-refractivity contribution in [2.24, 2.45) is 11.7 Å². The van der Waals surface area contributed by atoms with Crippen molar-refractivity contribution >= 4 is 34.3 Å². The Labute approximate surface area is 260 Å². The molecule has 0 spiro atoms. The molecule has 2 atom stereocenters. The number of aromatic nitrogens is 2. The Hall–Kier alpha value is -4.42. The van der Waals surface area contributed by atoms with Crippen LogP contribution in [0, 0.1) is 18.7 Å². The van der Waals surface area contributed by atoms with E-state index in [1.54, 1.807) is 19.9 Å². The van der Waals surface area contributed by atoms with E-state index in [9.17, 15) is 27.9 Å². The van der Waals surface area contributed by atoms with Crippen molar-refractivity contribution in [3.05, 3.63) is 81.9 Å². The molecule has 0 saturated heterocycles. The van der Waals surface area contributed by atoms with Crippen LogP contribution in [0.4, 0.5) is 13.2 Å². The first-order valence-electron chi connectivity index (χ1n) is 14.1. The van der Waals surface area contributed by atoms with Gasteiger partial charge in [0.05, 0.1) is 17.3 Å². The number of nitrogens with zero attached hydrogens (tertiary/aromatic N) is 2. The molecule has 9 nitrogen and oxygen atoms in total. The summed E-state index contributed by atoms with van der Waals surface area (Å²) >= 11 is 6.33. The van der Waals surface area contributed by atoms with Gasteiger partial charge in [0.1, 0.15) is 40.4 Å². The molecule has 2 amide bonds. The second-order valence-corrected chi connectivity index (χ2v) is 12.0. The van der Waals surface area contributed by atoms with Crippen molar-refractivity contribution in [2.75, 3.05) is 13.2 Å². The Morgan fingerprint density at radius 2 is 2.02 bits per heavy atom. The van der Waals surface area contributed by atoms with Crippen molar-refractivity contribution in [3.8, 4) is 22.8 Å². The predicted octanol–water partition coefficient (Wildman–Crippen LogP) is 5.16. The number of hydrogen-bond donors (Lipinski definition) is 3. The molecule has 0 radical (unpaired) electrons. The molecule has 2 aliphatic rings. The molecule has 45 heavy (non-hydrogen) atoms. The van der Waals surface area contributed by atoms with Gasteiger partial charge in [-0.3, -0.25) is 14.6 Å². The van der Waals surface area contributed by atoms with E-state index >= 15 is 0 Å². The maximum absolute atomic E-state index is 14.5. The van der Waals surface area contributed by atoms with E-state index in [0.29, 0.717) is 23.8 Å². The largest absolute Gasteiger partial charge is 0.489 e. The molecule has 3 heterocycles. The van der Waals surface area contributed by atoms with E-state index in [1.165, 1.54) is 36.5 Å². The summed E-state index contributed by atoms with van der Waals surface area (Å²) in [6.45, 7) is -0.222. The number of halogens is 4.